The van der Waals surface area contributed by atoms with Crippen molar-refractivity contribution in [2.75, 3.05) is 6.61 Å². The number of hydrogen-bond acceptors (Lipinski definition) is 4. The first-order valence-electron chi connectivity index (χ1n) is 5.45. The van der Waals surface area contributed by atoms with Crippen LogP contribution in [0.1, 0.15) is 19.4 Å². The number of benzene rings is 1. The second-order valence-corrected chi connectivity index (χ2v) is 4.18. The third-order valence-electron chi connectivity index (χ3n) is 2.57. The van der Waals surface area contributed by atoms with E-state index >= 15 is 0 Å². The second kappa shape index (κ2) is 5.20. The second-order valence-electron chi connectivity index (χ2n) is 3.81. The average Bonchev–Trinajstić information content (AvgIpc) is 2.72. The highest BCUT2D eigenvalue weighted by Gasteiger charge is 2.10. The number of aliphatic hydroxyl groups is 1. The highest BCUT2D eigenvalue weighted by atomic mass is 32.1. The van der Waals surface area contributed by atoms with E-state index in [1.54, 1.807) is 9.36 Å². The first-order valence-corrected chi connectivity index (χ1v) is 5.85. The molecule has 1 aromatic heterocycles. The zero-order chi connectivity index (χ0) is 12.3. The average molecular weight is 250 g/mol. The third-order valence-corrected chi connectivity index (χ3v) is 2.93. The van der Waals surface area contributed by atoms with Crippen LogP contribution < -0.4 is 0 Å². The van der Waals surface area contributed by atoms with Gasteiger partial charge in [-0.25, -0.2) is 4.68 Å². The van der Waals surface area contributed by atoms with Gasteiger partial charge in [0.15, 0.2) is 0 Å². The maximum absolute atomic E-state index is 8.91. The summed E-state index contributed by atoms with van der Waals surface area (Å²) < 4.78 is 3.80. The zero-order valence-electron chi connectivity index (χ0n) is 9.52. The monoisotopic (exact) mass is 250 g/mol. The van der Waals surface area contributed by atoms with Gasteiger partial charge in [-0.1, -0.05) is 18.2 Å². The first-order chi connectivity index (χ1) is 8.24. The number of para-hydroxylation sites is 1. The Balaban J connectivity index is 2.37. The van der Waals surface area contributed by atoms with E-state index in [0.29, 0.717) is 11.2 Å². The molecule has 0 amide bonds. The fourth-order valence-corrected chi connectivity index (χ4v) is 1.93. The van der Waals surface area contributed by atoms with Crippen LogP contribution in [0.4, 0.5) is 0 Å². The fraction of sp³-hybridized carbons (Fsp3) is 0.364. The summed E-state index contributed by atoms with van der Waals surface area (Å²) in [7, 11) is 0. The molecule has 0 saturated carbocycles. The van der Waals surface area contributed by atoms with Crippen molar-refractivity contribution in [2.24, 2.45) is 0 Å². The lowest BCUT2D eigenvalue weighted by Gasteiger charge is -2.07. The Bertz CT molecular complexity index is 534. The Hall–Kier alpha value is -1.53. The van der Waals surface area contributed by atoms with Crippen molar-refractivity contribution in [1.82, 2.24) is 19.8 Å². The summed E-state index contributed by atoms with van der Waals surface area (Å²) in [5, 5.41) is 17.0. The SMILES string of the molecule is C[C@H](CCO)n1nnn(-c2ccccc2)c1=S. The Morgan fingerprint density at radius 3 is 2.65 bits per heavy atom. The molecular formula is C11H14N4OS. The van der Waals surface area contributed by atoms with Crippen LogP contribution in [0.2, 0.25) is 0 Å². The van der Waals surface area contributed by atoms with Crippen molar-refractivity contribution < 1.29 is 5.11 Å². The molecule has 1 heterocycles. The lowest BCUT2D eigenvalue weighted by Crippen LogP contribution is -2.09. The minimum absolute atomic E-state index is 0.0463. The van der Waals surface area contributed by atoms with Crippen LogP contribution in [-0.2, 0) is 0 Å². The molecule has 0 spiro atoms. The number of nitrogens with zero attached hydrogens (tertiary/aromatic N) is 4. The molecular weight excluding hydrogens is 236 g/mol. The highest BCUT2D eigenvalue weighted by molar-refractivity contribution is 7.71. The molecule has 0 unspecified atom stereocenters. The van der Waals surface area contributed by atoms with Crippen molar-refractivity contribution in [3.8, 4) is 5.69 Å². The molecule has 1 atom stereocenters. The molecule has 5 nitrogen and oxygen atoms in total. The van der Waals surface area contributed by atoms with Gasteiger partial charge in [-0.15, -0.1) is 0 Å². The lowest BCUT2D eigenvalue weighted by atomic mass is 10.2. The number of aromatic nitrogens is 4. The van der Waals surface area contributed by atoms with Crippen LogP contribution in [0.3, 0.4) is 0 Å². The molecule has 1 N–H and O–H groups in total. The molecule has 0 bridgehead atoms. The van der Waals surface area contributed by atoms with Gasteiger partial charge in [0.1, 0.15) is 0 Å². The van der Waals surface area contributed by atoms with Crippen molar-refractivity contribution >= 4 is 12.2 Å². The number of hydrogen-bond donors (Lipinski definition) is 1. The molecule has 2 aromatic rings. The minimum atomic E-state index is 0.0463. The zero-order valence-corrected chi connectivity index (χ0v) is 10.3. The van der Waals surface area contributed by atoms with E-state index in [1.165, 1.54) is 0 Å². The molecule has 1 aromatic carbocycles. The van der Waals surface area contributed by atoms with Crippen molar-refractivity contribution in [3.05, 3.63) is 35.1 Å². The maximum Gasteiger partial charge on any atom is 0.220 e. The van der Waals surface area contributed by atoms with Crippen LogP contribution in [0.25, 0.3) is 5.69 Å². The minimum Gasteiger partial charge on any atom is -0.396 e. The summed E-state index contributed by atoms with van der Waals surface area (Å²) >= 11 is 5.32. The van der Waals surface area contributed by atoms with Crippen LogP contribution in [-0.4, -0.2) is 31.5 Å². The van der Waals surface area contributed by atoms with E-state index in [0.717, 1.165) is 5.69 Å². The van der Waals surface area contributed by atoms with Crippen molar-refractivity contribution in [3.63, 3.8) is 0 Å². The predicted molar refractivity (Wildman–Crippen MR) is 66.6 cm³/mol. The molecule has 0 aliphatic carbocycles. The molecule has 0 aliphatic heterocycles. The molecule has 0 aliphatic rings. The van der Waals surface area contributed by atoms with Gasteiger partial charge in [-0.05, 0) is 48.1 Å². The summed E-state index contributed by atoms with van der Waals surface area (Å²) in [4.78, 5) is 0. The first kappa shape index (κ1) is 11.9. The Labute approximate surface area is 104 Å². The van der Waals surface area contributed by atoms with E-state index in [1.807, 2.05) is 37.3 Å². The van der Waals surface area contributed by atoms with Gasteiger partial charge < -0.3 is 5.11 Å². The highest BCUT2D eigenvalue weighted by Crippen LogP contribution is 2.11. The topological polar surface area (TPSA) is 55.9 Å². The van der Waals surface area contributed by atoms with Gasteiger partial charge in [0.2, 0.25) is 4.77 Å². The smallest absolute Gasteiger partial charge is 0.220 e. The number of aliphatic hydroxyl groups excluding tert-OH is 1. The van der Waals surface area contributed by atoms with Gasteiger partial charge >= 0.3 is 0 Å². The van der Waals surface area contributed by atoms with E-state index < -0.39 is 0 Å². The van der Waals surface area contributed by atoms with E-state index in [-0.39, 0.29) is 12.6 Å². The quantitative estimate of drug-likeness (QED) is 0.840. The van der Waals surface area contributed by atoms with Gasteiger partial charge in [-0.3, -0.25) is 0 Å². The summed E-state index contributed by atoms with van der Waals surface area (Å²) in [6.07, 6.45) is 0.613. The summed E-state index contributed by atoms with van der Waals surface area (Å²) in [5.41, 5.74) is 0.889. The van der Waals surface area contributed by atoms with Crippen LogP contribution >= 0.6 is 12.2 Å². The summed E-state index contributed by atoms with van der Waals surface area (Å²) in [5.74, 6) is 0. The van der Waals surface area contributed by atoms with Crippen LogP contribution in [0, 0.1) is 4.77 Å². The fourth-order valence-electron chi connectivity index (χ4n) is 1.57. The summed E-state index contributed by atoms with van der Waals surface area (Å²) in [6, 6.07) is 9.67. The molecule has 0 saturated heterocycles. The standard InChI is InChI=1S/C11H14N4OS/c1-9(7-8-16)14-11(17)15(13-12-14)10-5-3-2-4-6-10/h2-6,9,16H,7-8H2,1H3/t9-/m1/s1. The van der Waals surface area contributed by atoms with Gasteiger partial charge in [0.05, 0.1) is 11.7 Å². The Morgan fingerprint density at radius 1 is 1.29 bits per heavy atom. The normalized spacial score (nSPS) is 12.6. The molecule has 2 rings (SSSR count). The van der Waals surface area contributed by atoms with Gasteiger partial charge in [-0.2, -0.15) is 4.68 Å². The molecule has 0 radical (unpaired) electrons. The van der Waals surface area contributed by atoms with E-state index in [2.05, 4.69) is 10.4 Å². The van der Waals surface area contributed by atoms with E-state index in [9.17, 15) is 0 Å². The Morgan fingerprint density at radius 2 is 2.00 bits per heavy atom. The maximum atomic E-state index is 8.91. The van der Waals surface area contributed by atoms with Crippen molar-refractivity contribution in [1.29, 1.82) is 0 Å². The molecule has 6 heteroatoms. The van der Waals surface area contributed by atoms with Crippen molar-refractivity contribution in [2.45, 2.75) is 19.4 Å². The van der Waals surface area contributed by atoms with Crippen LogP contribution in [0.5, 0.6) is 0 Å². The Kier molecular flexibility index (Phi) is 3.65. The third kappa shape index (κ3) is 2.42. The largest absolute Gasteiger partial charge is 0.396 e. The van der Waals surface area contributed by atoms with Gasteiger partial charge in [0, 0.05) is 6.61 Å². The summed E-state index contributed by atoms with van der Waals surface area (Å²) in [6.45, 7) is 2.07. The van der Waals surface area contributed by atoms with Crippen LogP contribution in [0.15, 0.2) is 30.3 Å². The van der Waals surface area contributed by atoms with Gasteiger partial charge in [0.25, 0.3) is 0 Å². The molecule has 17 heavy (non-hydrogen) atoms. The number of tetrazole rings is 1. The predicted octanol–water partition coefficient (Wildman–Crippen LogP) is 1.74. The molecule has 0 fully saturated rings. The lowest BCUT2D eigenvalue weighted by molar-refractivity contribution is 0.256. The van der Waals surface area contributed by atoms with E-state index in [4.69, 9.17) is 17.3 Å². The number of rotatable bonds is 4. The molecule has 90 valence electrons.